The van der Waals surface area contributed by atoms with Crippen LogP contribution in [0.4, 0.5) is 0 Å². The second-order valence-electron chi connectivity index (χ2n) is 2.43. The summed E-state index contributed by atoms with van der Waals surface area (Å²) in [7, 11) is 0. The lowest BCUT2D eigenvalue weighted by molar-refractivity contribution is -0.143. The summed E-state index contributed by atoms with van der Waals surface area (Å²) < 4.78 is 9.16. The van der Waals surface area contributed by atoms with Gasteiger partial charge in [-0.2, -0.15) is 0 Å². The number of carbonyl (C=O) groups excluding carboxylic acids is 2. The van der Waals surface area contributed by atoms with E-state index in [1.807, 2.05) is 6.92 Å². The molecule has 0 aliphatic heterocycles. The van der Waals surface area contributed by atoms with E-state index in [4.69, 9.17) is 0 Å². The Morgan fingerprint density at radius 3 is 2.58 bits per heavy atom. The Balaban J connectivity index is 3.52. The Morgan fingerprint density at radius 1 is 1.33 bits per heavy atom. The molecule has 0 bridgehead atoms. The molecule has 0 aromatic carbocycles. The quantitative estimate of drug-likeness (QED) is 0.513. The number of carbonyl (C=O) groups is 2. The normalized spacial score (nSPS) is 11.8. The number of unbranched alkanes of at least 4 members (excludes halogenated alkanes) is 1. The van der Waals surface area contributed by atoms with E-state index >= 15 is 0 Å². The van der Waals surface area contributed by atoms with Crippen LogP contribution >= 0.6 is 0 Å². The van der Waals surface area contributed by atoms with Crippen LogP contribution in [0.5, 0.6) is 0 Å². The first-order valence-electron chi connectivity index (χ1n) is 3.99. The topological polar surface area (TPSA) is 52.6 Å². The summed E-state index contributed by atoms with van der Waals surface area (Å²) in [4.78, 5) is 19.8. The minimum absolute atomic E-state index is 0.155. The minimum atomic E-state index is -0.285. The third-order valence-corrected chi connectivity index (χ3v) is 1.48. The van der Waals surface area contributed by atoms with Gasteiger partial charge in [0.2, 0.25) is 0 Å². The van der Waals surface area contributed by atoms with Gasteiger partial charge in [-0.3, -0.25) is 9.59 Å². The van der Waals surface area contributed by atoms with E-state index in [-0.39, 0.29) is 12.7 Å². The fourth-order valence-corrected chi connectivity index (χ4v) is 0.848. The number of hydrogen-bond donors (Lipinski definition) is 0. The highest BCUT2D eigenvalue weighted by Gasteiger charge is 2.08. The van der Waals surface area contributed by atoms with Gasteiger partial charge in [0, 0.05) is 0 Å². The van der Waals surface area contributed by atoms with Gasteiger partial charge in [0.1, 0.15) is 12.7 Å². The SMILES string of the molecule is CCCCC(COC=O)OC=O. The third-order valence-electron chi connectivity index (χ3n) is 1.48. The Kier molecular flexibility index (Phi) is 7.33. The van der Waals surface area contributed by atoms with Crippen molar-refractivity contribution in [1.82, 2.24) is 0 Å². The zero-order valence-electron chi connectivity index (χ0n) is 7.19. The molecule has 0 spiro atoms. The molecule has 0 rings (SSSR count). The first kappa shape index (κ1) is 10.9. The molecule has 0 amide bonds. The summed E-state index contributed by atoms with van der Waals surface area (Å²) in [6, 6.07) is 0. The van der Waals surface area contributed by atoms with E-state index in [0.29, 0.717) is 12.9 Å². The van der Waals surface area contributed by atoms with Crippen molar-refractivity contribution < 1.29 is 19.1 Å². The number of ether oxygens (including phenoxy) is 2. The maximum absolute atomic E-state index is 9.98. The van der Waals surface area contributed by atoms with E-state index in [1.165, 1.54) is 0 Å². The minimum Gasteiger partial charge on any atom is -0.464 e. The zero-order chi connectivity index (χ0) is 9.23. The molecule has 0 aromatic rings. The van der Waals surface area contributed by atoms with Crippen molar-refractivity contribution in [3.05, 3.63) is 0 Å². The number of rotatable bonds is 8. The van der Waals surface area contributed by atoms with Gasteiger partial charge in [-0.25, -0.2) is 0 Å². The van der Waals surface area contributed by atoms with E-state index in [1.54, 1.807) is 0 Å². The molecule has 1 atom stereocenters. The van der Waals surface area contributed by atoms with Gasteiger partial charge in [0.05, 0.1) is 0 Å². The molecule has 0 N–H and O–H groups in total. The average Bonchev–Trinajstić information content (AvgIpc) is 2.10. The predicted octanol–water partition coefficient (Wildman–Crippen LogP) is 0.891. The third kappa shape index (κ3) is 5.70. The molecule has 0 aliphatic carbocycles. The molecular weight excluding hydrogens is 160 g/mol. The van der Waals surface area contributed by atoms with Gasteiger partial charge in [-0.15, -0.1) is 0 Å². The van der Waals surface area contributed by atoms with Gasteiger partial charge in [0.25, 0.3) is 12.9 Å². The highest BCUT2D eigenvalue weighted by molar-refractivity contribution is 5.38. The average molecular weight is 174 g/mol. The van der Waals surface area contributed by atoms with E-state index < -0.39 is 0 Å². The number of hydrogen-bond acceptors (Lipinski definition) is 4. The molecule has 70 valence electrons. The summed E-state index contributed by atoms with van der Waals surface area (Å²) in [5, 5.41) is 0. The molecule has 0 fully saturated rings. The lowest BCUT2D eigenvalue weighted by Crippen LogP contribution is -2.18. The Bertz CT molecular complexity index is 124. The van der Waals surface area contributed by atoms with Crippen LogP contribution in [0, 0.1) is 0 Å². The van der Waals surface area contributed by atoms with Crippen LogP contribution in [0.25, 0.3) is 0 Å². The van der Waals surface area contributed by atoms with Crippen molar-refractivity contribution in [2.45, 2.75) is 32.3 Å². The predicted molar refractivity (Wildman–Crippen MR) is 42.5 cm³/mol. The van der Waals surface area contributed by atoms with Gasteiger partial charge in [0.15, 0.2) is 0 Å². The maximum atomic E-state index is 9.98. The monoisotopic (exact) mass is 174 g/mol. The summed E-state index contributed by atoms with van der Waals surface area (Å²) in [6.45, 7) is 2.93. The maximum Gasteiger partial charge on any atom is 0.293 e. The summed E-state index contributed by atoms with van der Waals surface area (Å²) in [5.74, 6) is 0. The van der Waals surface area contributed by atoms with Gasteiger partial charge in [-0.05, 0) is 12.8 Å². The summed E-state index contributed by atoms with van der Waals surface area (Å²) in [6.07, 6.45) is 2.44. The molecule has 0 saturated carbocycles. The van der Waals surface area contributed by atoms with Crippen LogP contribution in [0.1, 0.15) is 26.2 Å². The van der Waals surface area contributed by atoms with Crippen molar-refractivity contribution >= 4 is 12.9 Å². The van der Waals surface area contributed by atoms with Crippen molar-refractivity contribution in [2.24, 2.45) is 0 Å². The second kappa shape index (κ2) is 8.04. The molecule has 12 heavy (non-hydrogen) atoms. The van der Waals surface area contributed by atoms with Crippen LogP contribution in [0.15, 0.2) is 0 Å². The molecule has 4 heteroatoms. The smallest absolute Gasteiger partial charge is 0.293 e. The van der Waals surface area contributed by atoms with Crippen LogP contribution in [0.3, 0.4) is 0 Å². The molecule has 0 aliphatic rings. The molecule has 0 aromatic heterocycles. The first-order valence-corrected chi connectivity index (χ1v) is 3.99. The lowest BCUT2D eigenvalue weighted by Gasteiger charge is -2.12. The van der Waals surface area contributed by atoms with Crippen molar-refractivity contribution in [1.29, 1.82) is 0 Å². The van der Waals surface area contributed by atoms with Crippen molar-refractivity contribution in [3.8, 4) is 0 Å². The van der Waals surface area contributed by atoms with Crippen LogP contribution in [-0.4, -0.2) is 25.7 Å². The Labute approximate surface area is 71.8 Å². The molecule has 0 radical (unpaired) electrons. The molecule has 0 heterocycles. The fourth-order valence-electron chi connectivity index (χ4n) is 0.848. The van der Waals surface area contributed by atoms with Crippen LogP contribution in [-0.2, 0) is 19.1 Å². The van der Waals surface area contributed by atoms with E-state index in [9.17, 15) is 9.59 Å². The van der Waals surface area contributed by atoms with Gasteiger partial charge >= 0.3 is 0 Å². The van der Waals surface area contributed by atoms with Gasteiger partial charge in [-0.1, -0.05) is 13.3 Å². The lowest BCUT2D eigenvalue weighted by atomic mass is 10.2. The zero-order valence-corrected chi connectivity index (χ0v) is 7.19. The van der Waals surface area contributed by atoms with Crippen LogP contribution in [0.2, 0.25) is 0 Å². The van der Waals surface area contributed by atoms with E-state index in [0.717, 1.165) is 19.3 Å². The Morgan fingerprint density at radius 2 is 2.08 bits per heavy atom. The first-order chi connectivity index (χ1) is 5.85. The Hall–Kier alpha value is -1.06. The highest BCUT2D eigenvalue weighted by Crippen LogP contribution is 2.03. The molecular formula is C8H14O4. The largest absolute Gasteiger partial charge is 0.464 e. The molecule has 4 nitrogen and oxygen atoms in total. The summed E-state index contributed by atoms with van der Waals surface area (Å²) >= 11 is 0. The molecule has 1 unspecified atom stereocenters. The van der Waals surface area contributed by atoms with Crippen molar-refractivity contribution in [2.75, 3.05) is 6.61 Å². The molecule has 0 saturated heterocycles. The van der Waals surface area contributed by atoms with Crippen molar-refractivity contribution in [3.63, 3.8) is 0 Å². The van der Waals surface area contributed by atoms with Gasteiger partial charge < -0.3 is 9.47 Å². The fraction of sp³-hybridized carbons (Fsp3) is 0.750. The van der Waals surface area contributed by atoms with E-state index in [2.05, 4.69) is 9.47 Å². The highest BCUT2D eigenvalue weighted by atomic mass is 16.6. The van der Waals surface area contributed by atoms with Crippen LogP contribution < -0.4 is 0 Å². The summed E-state index contributed by atoms with van der Waals surface area (Å²) in [5.41, 5.74) is 0. The standard InChI is InChI=1S/C8H14O4/c1-2-3-4-8(12-7-10)5-11-6-9/h6-8H,2-5H2,1H3. The second-order valence-corrected chi connectivity index (χ2v) is 2.43.